The van der Waals surface area contributed by atoms with Gasteiger partial charge in [0, 0.05) is 18.4 Å². The summed E-state index contributed by atoms with van der Waals surface area (Å²) in [5.41, 5.74) is 2.06. The van der Waals surface area contributed by atoms with Crippen molar-refractivity contribution in [2.75, 3.05) is 5.32 Å². The van der Waals surface area contributed by atoms with E-state index in [0.29, 0.717) is 18.7 Å². The minimum Gasteiger partial charge on any atom is -0.391 e. The molecule has 0 aliphatic carbocycles. The lowest BCUT2D eigenvalue weighted by atomic mass is 9.96. The summed E-state index contributed by atoms with van der Waals surface area (Å²) in [5.74, 6) is -0.390. The molecule has 2 N–H and O–H groups in total. The number of para-hydroxylation sites is 1. The Morgan fingerprint density at radius 1 is 1.37 bits per heavy atom. The lowest BCUT2D eigenvalue weighted by Gasteiger charge is -2.32. The summed E-state index contributed by atoms with van der Waals surface area (Å²) in [4.78, 5) is 27.8. The predicted octanol–water partition coefficient (Wildman–Crippen LogP) is 2.27. The lowest BCUT2D eigenvalue weighted by molar-refractivity contribution is -0.122. The number of aliphatic hydroxyl groups is 1. The maximum atomic E-state index is 13.3. The number of rotatable bonds is 5. The zero-order chi connectivity index (χ0) is 19.6. The Kier molecular flexibility index (Phi) is 5.60. The van der Waals surface area contributed by atoms with Crippen LogP contribution in [0.4, 0.5) is 5.69 Å². The Hall–Kier alpha value is -2.67. The Morgan fingerprint density at radius 3 is 2.81 bits per heavy atom. The van der Waals surface area contributed by atoms with E-state index in [-0.39, 0.29) is 17.7 Å². The molecule has 3 rings (SSSR count). The maximum Gasteiger partial charge on any atom is 0.258 e. The highest BCUT2D eigenvalue weighted by Crippen LogP contribution is 2.28. The van der Waals surface area contributed by atoms with Gasteiger partial charge in [-0.1, -0.05) is 38.5 Å². The number of benzene rings is 1. The molecule has 0 fully saturated rings. The summed E-state index contributed by atoms with van der Waals surface area (Å²) >= 11 is 0. The number of carbonyl (C=O) groups excluding carboxylic acids is 2. The van der Waals surface area contributed by atoms with Crippen molar-refractivity contribution in [2.24, 2.45) is 5.92 Å². The molecule has 1 aliphatic rings. The van der Waals surface area contributed by atoms with E-state index >= 15 is 0 Å². The zero-order valence-electron chi connectivity index (χ0n) is 15.9. The van der Waals surface area contributed by atoms with E-state index in [1.807, 2.05) is 38.1 Å². The topological polar surface area (TPSA) is 87.5 Å². The second-order valence-electron chi connectivity index (χ2n) is 7.21. The molecular formula is C20H26N4O3. The maximum absolute atomic E-state index is 13.3. The highest BCUT2D eigenvalue weighted by molar-refractivity contribution is 6.02. The molecule has 7 heteroatoms. The summed E-state index contributed by atoms with van der Waals surface area (Å²) in [5, 5.41) is 16.6. The Balaban J connectivity index is 1.96. The van der Waals surface area contributed by atoms with E-state index in [1.165, 1.54) is 6.20 Å². The van der Waals surface area contributed by atoms with Gasteiger partial charge in [0.15, 0.2) is 0 Å². The fourth-order valence-electron chi connectivity index (χ4n) is 3.41. The second-order valence-corrected chi connectivity index (χ2v) is 7.21. The number of nitrogens with zero attached hydrogens (tertiary/aromatic N) is 3. The van der Waals surface area contributed by atoms with Crippen LogP contribution in [0.2, 0.25) is 0 Å². The summed E-state index contributed by atoms with van der Waals surface area (Å²) in [6.45, 7) is 6.32. The van der Waals surface area contributed by atoms with E-state index < -0.39 is 12.1 Å². The fraction of sp³-hybridized carbons (Fsp3) is 0.450. The molecule has 27 heavy (non-hydrogen) atoms. The van der Waals surface area contributed by atoms with Gasteiger partial charge in [-0.15, -0.1) is 0 Å². The summed E-state index contributed by atoms with van der Waals surface area (Å²) in [7, 11) is 0. The molecule has 0 saturated carbocycles. The summed E-state index contributed by atoms with van der Waals surface area (Å²) < 4.78 is 1.54. The molecular weight excluding hydrogens is 344 g/mol. The first-order valence-electron chi connectivity index (χ1n) is 9.31. The SMILES string of the molecule is CCC(C)C1C(=O)Nc2ccccc2CN1C(=O)c1cnn(CC(C)O)c1. The van der Waals surface area contributed by atoms with Crippen LogP contribution in [0.25, 0.3) is 0 Å². The Morgan fingerprint density at radius 2 is 2.11 bits per heavy atom. The first-order chi connectivity index (χ1) is 12.9. The van der Waals surface area contributed by atoms with Gasteiger partial charge < -0.3 is 15.3 Å². The van der Waals surface area contributed by atoms with E-state index in [9.17, 15) is 14.7 Å². The van der Waals surface area contributed by atoms with Crippen LogP contribution in [0.15, 0.2) is 36.7 Å². The normalized spacial score (nSPS) is 19.0. The third-order valence-electron chi connectivity index (χ3n) is 5.00. The molecule has 1 aliphatic heterocycles. The van der Waals surface area contributed by atoms with Gasteiger partial charge in [0.05, 0.1) is 24.4 Å². The van der Waals surface area contributed by atoms with Crippen LogP contribution in [0.3, 0.4) is 0 Å². The number of carbonyl (C=O) groups is 2. The van der Waals surface area contributed by atoms with Crippen LogP contribution < -0.4 is 5.32 Å². The van der Waals surface area contributed by atoms with Crippen molar-refractivity contribution in [3.8, 4) is 0 Å². The van der Waals surface area contributed by atoms with Crippen LogP contribution in [0, 0.1) is 5.92 Å². The molecule has 144 valence electrons. The minimum atomic E-state index is -0.560. The van der Waals surface area contributed by atoms with Gasteiger partial charge in [-0.05, 0) is 24.5 Å². The monoisotopic (exact) mass is 370 g/mol. The lowest BCUT2D eigenvalue weighted by Crippen LogP contribution is -2.48. The summed E-state index contributed by atoms with van der Waals surface area (Å²) in [6.07, 6.45) is 3.33. The van der Waals surface area contributed by atoms with Crippen molar-refractivity contribution < 1.29 is 14.7 Å². The third-order valence-corrected chi connectivity index (χ3v) is 5.00. The van der Waals surface area contributed by atoms with Crippen LogP contribution >= 0.6 is 0 Å². The molecule has 0 saturated heterocycles. The van der Waals surface area contributed by atoms with E-state index in [4.69, 9.17) is 0 Å². The average molecular weight is 370 g/mol. The van der Waals surface area contributed by atoms with Gasteiger partial charge in [-0.3, -0.25) is 14.3 Å². The first kappa shape index (κ1) is 19.1. The summed E-state index contributed by atoms with van der Waals surface area (Å²) in [6, 6.07) is 6.99. The molecule has 7 nitrogen and oxygen atoms in total. The first-order valence-corrected chi connectivity index (χ1v) is 9.31. The number of amides is 2. The second kappa shape index (κ2) is 7.92. The number of aliphatic hydroxyl groups excluding tert-OH is 1. The number of hydrogen-bond acceptors (Lipinski definition) is 4. The van der Waals surface area contributed by atoms with Gasteiger partial charge in [0.25, 0.3) is 5.91 Å². The van der Waals surface area contributed by atoms with Crippen molar-refractivity contribution >= 4 is 17.5 Å². The molecule has 2 heterocycles. The largest absolute Gasteiger partial charge is 0.391 e. The fourth-order valence-corrected chi connectivity index (χ4v) is 3.41. The molecule has 0 bridgehead atoms. The van der Waals surface area contributed by atoms with Crippen molar-refractivity contribution in [3.63, 3.8) is 0 Å². The minimum absolute atomic E-state index is 0.00997. The number of fused-ring (bicyclic) bond motifs is 1. The number of hydrogen-bond donors (Lipinski definition) is 2. The van der Waals surface area contributed by atoms with Crippen molar-refractivity contribution in [1.82, 2.24) is 14.7 Å². The Bertz CT molecular complexity index is 830. The zero-order valence-corrected chi connectivity index (χ0v) is 15.9. The number of aromatic nitrogens is 2. The van der Waals surface area contributed by atoms with Gasteiger partial charge >= 0.3 is 0 Å². The standard InChI is InChI=1S/C20H26N4O3/c1-4-13(2)18-19(26)22-17-8-6-5-7-15(17)12-24(18)20(27)16-9-21-23(11-16)10-14(3)25/h5-9,11,13-14,18,25H,4,10,12H2,1-3H3,(H,22,26). The van der Waals surface area contributed by atoms with Gasteiger partial charge in [0.1, 0.15) is 6.04 Å². The van der Waals surface area contributed by atoms with Crippen LogP contribution in [-0.4, -0.2) is 43.7 Å². The molecule has 2 amide bonds. The van der Waals surface area contributed by atoms with Gasteiger partial charge in [0.2, 0.25) is 5.91 Å². The smallest absolute Gasteiger partial charge is 0.258 e. The van der Waals surface area contributed by atoms with Crippen molar-refractivity contribution in [3.05, 3.63) is 47.8 Å². The highest BCUT2D eigenvalue weighted by Gasteiger charge is 2.37. The molecule has 1 aromatic heterocycles. The Labute approximate surface area is 159 Å². The highest BCUT2D eigenvalue weighted by atomic mass is 16.3. The van der Waals surface area contributed by atoms with E-state index in [1.54, 1.807) is 22.7 Å². The molecule has 2 aromatic rings. The van der Waals surface area contributed by atoms with Gasteiger partial charge in [-0.2, -0.15) is 5.10 Å². The van der Waals surface area contributed by atoms with Crippen molar-refractivity contribution in [1.29, 1.82) is 0 Å². The molecule has 0 spiro atoms. The molecule has 1 aromatic carbocycles. The van der Waals surface area contributed by atoms with Crippen molar-refractivity contribution in [2.45, 2.75) is 52.4 Å². The quantitative estimate of drug-likeness (QED) is 0.845. The predicted molar refractivity (Wildman–Crippen MR) is 102 cm³/mol. The molecule has 0 radical (unpaired) electrons. The molecule has 3 atom stereocenters. The van der Waals surface area contributed by atoms with Crippen LogP contribution in [-0.2, 0) is 17.9 Å². The third kappa shape index (κ3) is 4.03. The number of nitrogens with one attached hydrogen (secondary N) is 1. The average Bonchev–Trinajstić information content (AvgIpc) is 3.03. The molecule has 3 unspecified atom stereocenters. The van der Waals surface area contributed by atoms with Gasteiger partial charge in [-0.25, -0.2) is 0 Å². The van der Waals surface area contributed by atoms with Crippen LogP contribution in [0.1, 0.15) is 43.1 Å². The van der Waals surface area contributed by atoms with E-state index in [2.05, 4.69) is 10.4 Å². The van der Waals surface area contributed by atoms with Crippen LogP contribution in [0.5, 0.6) is 0 Å². The van der Waals surface area contributed by atoms with E-state index in [0.717, 1.165) is 17.7 Å². The number of anilines is 1.